The summed E-state index contributed by atoms with van der Waals surface area (Å²) in [6.07, 6.45) is 14.0. The smallest absolute Gasteiger partial charge is 0.220 e. The summed E-state index contributed by atoms with van der Waals surface area (Å²) in [6, 6.07) is 14.2. The third-order valence-corrected chi connectivity index (χ3v) is 5.60. The van der Waals surface area contributed by atoms with Gasteiger partial charge in [0.05, 0.1) is 11.9 Å². The molecule has 0 bridgehead atoms. The first-order valence-electron chi connectivity index (χ1n) is 10.8. The van der Waals surface area contributed by atoms with Crippen LogP contribution in [0.4, 0.5) is 5.69 Å². The summed E-state index contributed by atoms with van der Waals surface area (Å²) >= 11 is 0. The zero-order chi connectivity index (χ0) is 20.3. The van der Waals surface area contributed by atoms with E-state index in [0.29, 0.717) is 6.42 Å². The molecule has 1 aliphatic rings. The Bertz CT molecular complexity index is 767. The molecule has 0 radical (unpaired) electrons. The maximum Gasteiger partial charge on any atom is 0.220 e. The lowest BCUT2D eigenvalue weighted by molar-refractivity contribution is -0.697. The molecule has 0 atom stereocenters. The molecule has 3 rings (SSSR count). The number of carbonyl (C=O) groups is 1. The summed E-state index contributed by atoms with van der Waals surface area (Å²) in [7, 11) is 1.94. The van der Waals surface area contributed by atoms with Crippen LogP contribution in [0.3, 0.4) is 0 Å². The van der Waals surface area contributed by atoms with Crippen LogP contribution in [-0.4, -0.2) is 25.7 Å². The van der Waals surface area contributed by atoms with Crippen molar-refractivity contribution in [1.29, 1.82) is 0 Å². The van der Waals surface area contributed by atoms with Crippen molar-refractivity contribution < 1.29 is 9.36 Å². The molecular weight excluding hydrogens is 360 g/mol. The molecule has 1 heterocycles. The molecule has 29 heavy (non-hydrogen) atoms. The van der Waals surface area contributed by atoms with Gasteiger partial charge in [0.25, 0.3) is 0 Å². The number of pyridine rings is 1. The summed E-state index contributed by atoms with van der Waals surface area (Å²) in [5.74, 6) is 0.988. The molecule has 1 N–H and O–H groups in total. The Balaban J connectivity index is 1.33. The third-order valence-electron chi connectivity index (χ3n) is 5.60. The molecule has 5 nitrogen and oxygen atoms in total. The fourth-order valence-electron chi connectivity index (χ4n) is 3.78. The standard InChI is InChI=1S/C24H32N4O/c1-27(23-10-3-2-4-11-23)26-20-22-14-18-28(19-15-22)17-7-16-25-24(29)13-12-21-8-5-6-9-21/h2-4,10-11,14-15,18-21H,5-9,12-13,16-17H2,1H3/p+1. The number of nitrogens with one attached hydrogen (secondary N) is 1. The van der Waals surface area contributed by atoms with Crippen LogP contribution in [-0.2, 0) is 11.3 Å². The minimum Gasteiger partial charge on any atom is -0.356 e. The molecule has 1 aliphatic carbocycles. The Morgan fingerprint density at radius 1 is 1.17 bits per heavy atom. The first kappa shape index (κ1) is 21.0. The zero-order valence-electron chi connectivity index (χ0n) is 17.5. The van der Waals surface area contributed by atoms with Crippen LogP contribution in [0.1, 0.15) is 50.5 Å². The van der Waals surface area contributed by atoms with Gasteiger partial charge in [-0.25, -0.2) is 4.57 Å². The predicted octanol–water partition coefficient (Wildman–Crippen LogP) is 3.92. The van der Waals surface area contributed by atoms with E-state index in [2.05, 4.69) is 39.5 Å². The van der Waals surface area contributed by atoms with Crippen molar-refractivity contribution in [1.82, 2.24) is 5.32 Å². The quantitative estimate of drug-likeness (QED) is 0.288. The molecule has 1 aromatic carbocycles. The highest BCUT2D eigenvalue weighted by molar-refractivity contribution is 5.79. The van der Waals surface area contributed by atoms with Crippen LogP contribution in [0.25, 0.3) is 0 Å². The highest BCUT2D eigenvalue weighted by Crippen LogP contribution is 2.28. The Morgan fingerprint density at radius 2 is 1.90 bits per heavy atom. The Labute approximate surface area is 174 Å². The fraction of sp³-hybridized carbons (Fsp3) is 0.458. The number of benzene rings is 1. The van der Waals surface area contributed by atoms with Gasteiger partial charge in [0, 0.05) is 44.1 Å². The van der Waals surface area contributed by atoms with Crippen LogP contribution in [0.2, 0.25) is 0 Å². The zero-order valence-corrected chi connectivity index (χ0v) is 17.5. The molecule has 1 amide bonds. The monoisotopic (exact) mass is 393 g/mol. The van der Waals surface area contributed by atoms with Crippen molar-refractivity contribution in [2.45, 2.75) is 51.5 Å². The van der Waals surface area contributed by atoms with Crippen LogP contribution in [0.15, 0.2) is 60.0 Å². The molecule has 1 fully saturated rings. The van der Waals surface area contributed by atoms with E-state index in [4.69, 9.17) is 0 Å². The second kappa shape index (κ2) is 11.3. The number of hydrogen-bond acceptors (Lipinski definition) is 3. The third kappa shape index (κ3) is 7.33. The minimum absolute atomic E-state index is 0.205. The topological polar surface area (TPSA) is 48.6 Å². The van der Waals surface area contributed by atoms with Gasteiger partial charge in [0.1, 0.15) is 6.54 Å². The van der Waals surface area contributed by atoms with Gasteiger partial charge in [-0.3, -0.25) is 9.80 Å². The van der Waals surface area contributed by atoms with Gasteiger partial charge in [-0.05, 0) is 24.5 Å². The number of carbonyl (C=O) groups excluding carboxylic acids is 1. The number of hydrogen-bond donors (Lipinski definition) is 1. The van der Waals surface area contributed by atoms with Crippen LogP contribution < -0.4 is 14.9 Å². The number of rotatable bonds is 10. The first-order chi connectivity index (χ1) is 14.2. The normalized spacial score (nSPS) is 14.4. The van der Waals surface area contributed by atoms with Gasteiger partial charge in [-0.15, -0.1) is 0 Å². The SMILES string of the molecule is CN(/N=C/c1cc[n+](CCCNC(=O)CCC2CCCC2)cc1)c1ccccc1. The van der Waals surface area contributed by atoms with Crippen molar-refractivity contribution in [3.05, 3.63) is 60.4 Å². The summed E-state index contributed by atoms with van der Waals surface area (Å²) in [6.45, 7) is 1.63. The summed E-state index contributed by atoms with van der Waals surface area (Å²) in [5, 5.41) is 9.40. The molecule has 154 valence electrons. The molecular formula is C24H33N4O+. The Morgan fingerprint density at radius 3 is 2.62 bits per heavy atom. The van der Waals surface area contributed by atoms with Crippen molar-refractivity contribution >= 4 is 17.8 Å². The largest absolute Gasteiger partial charge is 0.356 e. The fourth-order valence-corrected chi connectivity index (χ4v) is 3.78. The van der Waals surface area contributed by atoms with E-state index in [0.717, 1.165) is 43.1 Å². The average Bonchev–Trinajstić information content (AvgIpc) is 3.29. The van der Waals surface area contributed by atoms with Crippen molar-refractivity contribution in [2.75, 3.05) is 18.6 Å². The molecule has 0 saturated heterocycles. The Hall–Kier alpha value is -2.69. The molecule has 0 aliphatic heterocycles. The highest BCUT2D eigenvalue weighted by Gasteiger charge is 2.15. The summed E-state index contributed by atoms with van der Waals surface area (Å²) in [5.41, 5.74) is 2.12. The number of hydrazone groups is 1. The molecule has 1 aromatic heterocycles. The number of aromatic nitrogens is 1. The second-order valence-electron chi connectivity index (χ2n) is 7.87. The molecule has 2 aromatic rings. The van der Waals surface area contributed by atoms with E-state index in [1.54, 1.807) is 0 Å². The molecule has 1 saturated carbocycles. The lowest BCUT2D eigenvalue weighted by atomic mass is 10.0. The van der Waals surface area contributed by atoms with E-state index in [-0.39, 0.29) is 5.91 Å². The van der Waals surface area contributed by atoms with Gasteiger partial charge in [-0.2, -0.15) is 5.10 Å². The average molecular weight is 394 g/mol. The number of anilines is 1. The highest BCUT2D eigenvalue weighted by atomic mass is 16.1. The van der Waals surface area contributed by atoms with Crippen molar-refractivity contribution in [3.8, 4) is 0 Å². The van der Waals surface area contributed by atoms with Crippen LogP contribution in [0.5, 0.6) is 0 Å². The van der Waals surface area contributed by atoms with E-state index < -0.39 is 0 Å². The van der Waals surface area contributed by atoms with Gasteiger partial charge in [-0.1, -0.05) is 43.9 Å². The minimum atomic E-state index is 0.205. The Kier molecular flexibility index (Phi) is 8.23. The van der Waals surface area contributed by atoms with E-state index in [1.807, 2.05) is 48.6 Å². The molecule has 0 spiro atoms. The summed E-state index contributed by atoms with van der Waals surface area (Å²) < 4.78 is 2.14. The van der Waals surface area contributed by atoms with Crippen molar-refractivity contribution in [2.24, 2.45) is 11.0 Å². The molecule has 0 unspecified atom stereocenters. The van der Waals surface area contributed by atoms with E-state index in [1.165, 1.54) is 25.7 Å². The van der Waals surface area contributed by atoms with Gasteiger partial charge in [0.2, 0.25) is 5.91 Å². The first-order valence-corrected chi connectivity index (χ1v) is 10.8. The predicted molar refractivity (Wildman–Crippen MR) is 118 cm³/mol. The van der Waals surface area contributed by atoms with Crippen molar-refractivity contribution in [3.63, 3.8) is 0 Å². The number of nitrogens with zero attached hydrogens (tertiary/aromatic N) is 3. The van der Waals surface area contributed by atoms with E-state index >= 15 is 0 Å². The van der Waals surface area contributed by atoms with Gasteiger partial charge >= 0.3 is 0 Å². The molecule has 5 heteroatoms. The van der Waals surface area contributed by atoms with Gasteiger partial charge in [0.15, 0.2) is 12.4 Å². The summed E-state index contributed by atoms with van der Waals surface area (Å²) in [4.78, 5) is 11.9. The lowest BCUT2D eigenvalue weighted by Gasteiger charge is -2.11. The second-order valence-corrected chi connectivity index (χ2v) is 7.87. The number of para-hydroxylation sites is 1. The van der Waals surface area contributed by atoms with Crippen LogP contribution >= 0.6 is 0 Å². The van der Waals surface area contributed by atoms with Gasteiger partial charge < -0.3 is 5.32 Å². The van der Waals surface area contributed by atoms with Crippen LogP contribution in [0, 0.1) is 5.92 Å². The number of amides is 1. The van der Waals surface area contributed by atoms with E-state index in [9.17, 15) is 4.79 Å². The maximum atomic E-state index is 11.9. The maximum absolute atomic E-state index is 11.9. The number of aryl methyl sites for hydroxylation is 1. The lowest BCUT2D eigenvalue weighted by Crippen LogP contribution is -2.35.